The van der Waals surface area contributed by atoms with Crippen molar-refractivity contribution in [2.24, 2.45) is 0 Å². The third kappa shape index (κ3) is 3.01. The van der Waals surface area contributed by atoms with Crippen LogP contribution in [0.25, 0.3) is 28.1 Å². The van der Waals surface area contributed by atoms with Gasteiger partial charge >= 0.3 is 0 Å². The number of carbonyl (C=O) groups excluding carboxylic acids is 1. The Morgan fingerprint density at radius 1 is 1.26 bits per heavy atom. The Hall–Kier alpha value is -3.35. The molecule has 1 N–H and O–H groups in total. The third-order valence-corrected chi connectivity index (χ3v) is 4.77. The summed E-state index contributed by atoms with van der Waals surface area (Å²) in [5.41, 5.74) is 2.30. The van der Waals surface area contributed by atoms with Gasteiger partial charge in [0.25, 0.3) is 0 Å². The van der Waals surface area contributed by atoms with Crippen molar-refractivity contribution >= 4 is 22.5 Å². The van der Waals surface area contributed by atoms with Crippen LogP contribution < -0.4 is 10.1 Å². The quantitative estimate of drug-likeness (QED) is 0.603. The van der Waals surface area contributed by atoms with E-state index in [2.05, 4.69) is 15.4 Å². The number of rotatable bonds is 4. The number of piperidine rings is 1. The van der Waals surface area contributed by atoms with E-state index >= 15 is 0 Å². The van der Waals surface area contributed by atoms with Crippen LogP contribution >= 0.6 is 0 Å². The molecule has 136 valence electrons. The SMILES string of the molecule is O=C1CCCC(COc2ccc3ncc(-c4cc5ccccc5o4)n3n2)N1. The molecule has 4 aromatic rings. The highest BCUT2D eigenvalue weighted by atomic mass is 16.5. The highest BCUT2D eigenvalue weighted by molar-refractivity contribution is 5.82. The molecule has 4 heterocycles. The fourth-order valence-corrected chi connectivity index (χ4v) is 3.40. The van der Waals surface area contributed by atoms with Crippen LogP contribution in [0, 0.1) is 0 Å². The van der Waals surface area contributed by atoms with Crippen LogP contribution in [0.4, 0.5) is 0 Å². The molecule has 1 aliphatic rings. The molecule has 3 aromatic heterocycles. The molecule has 1 saturated heterocycles. The second-order valence-corrected chi connectivity index (χ2v) is 6.70. The molecule has 0 spiro atoms. The number of para-hydroxylation sites is 1. The predicted molar refractivity (Wildman–Crippen MR) is 99.5 cm³/mol. The zero-order valence-corrected chi connectivity index (χ0v) is 14.6. The Morgan fingerprint density at radius 2 is 2.19 bits per heavy atom. The van der Waals surface area contributed by atoms with Crippen LogP contribution in [-0.2, 0) is 4.79 Å². The average molecular weight is 362 g/mol. The standard InChI is InChI=1S/C20H18N4O3/c25-19-7-3-5-14(22-19)12-26-20-9-8-18-21-11-15(24(18)23-20)17-10-13-4-1-2-6-16(13)27-17/h1-2,4,6,8-11,14H,3,5,7,12H2,(H,22,25). The van der Waals surface area contributed by atoms with E-state index in [1.807, 2.05) is 36.4 Å². The van der Waals surface area contributed by atoms with Gasteiger partial charge in [0.2, 0.25) is 11.8 Å². The van der Waals surface area contributed by atoms with E-state index in [1.165, 1.54) is 0 Å². The molecule has 0 radical (unpaired) electrons. The normalized spacial score (nSPS) is 17.3. The fraction of sp³-hybridized carbons (Fsp3) is 0.250. The van der Waals surface area contributed by atoms with E-state index in [0.29, 0.717) is 30.3 Å². The molecule has 1 aromatic carbocycles. The lowest BCUT2D eigenvalue weighted by molar-refractivity contribution is -0.123. The lowest BCUT2D eigenvalue weighted by Gasteiger charge is -2.22. The summed E-state index contributed by atoms with van der Waals surface area (Å²) in [6.07, 6.45) is 4.15. The summed E-state index contributed by atoms with van der Waals surface area (Å²) in [7, 11) is 0. The van der Waals surface area contributed by atoms with Crippen molar-refractivity contribution in [1.82, 2.24) is 19.9 Å². The maximum absolute atomic E-state index is 11.5. The molecule has 27 heavy (non-hydrogen) atoms. The number of furan rings is 1. The minimum Gasteiger partial charge on any atom is -0.474 e. The van der Waals surface area contributed by atoms with Crippen molar-refractivity contribution in [3.05, 3.63) is 48.7 Å². The molecule has 1 amide bonds. The number of nitrogens with zero attached hydrogens (tertiary/aromatic N) is 3. The van der Waals surface area contributed by atoms with Crippen LogP contribution in [0.15, 0.2) is 53.1 Å². The van der Waals surface area contributed by atoms with E-state index in [1.54, 1.807) is 16.8 Å². The fourth-order valence-electron chi connectivity index (χ4n) is 3.40. The van der Waals surface area contributed by atoms with Crippen LogP contribution in [0.1, 0.15) is 19.3 Å². The maximum Gasteiger partial charge on any atom is 0.231 e. The van der Waals surface area contributed by atoms with Crippen molar-refractivity contribution in [2.45, 2.75) is 25.3 Å². The van der Waals surface area contributed by atoms with Crippen LogP contribution in [0.3, 0.4) is 0 Å². The van der Waals surface area contributed by atoms with E-state index in [-0.39, 0.29) is 11.9 Å². The zero-order chi connectivity index (χ0) is 18.2. The molecule has 0 aliphatic carbocycles. The number of benzene rings is 1. The first-order chi connectivity index (χ1) is 13.3. The number of hydrogen-bond acceptors (Lipinski definition) is 5. The Morgan fingerprint density at radius 3 is 3.07 bits per heavy atom. The predicted octanol–water partition coefficient (Wildman–Crippen LogP) is 3.19. The number of carbonyl (C=O) groups is 1. The molecule has 1 unspecified atom stereocenters. The van der Waals surface area contributed by atoms with Gasteiger partial charge in [0, 0.05) is 17.9 Å². The first-order valence-corrected chi connectivity index (χ1v) is 9.02. The van der Waals surface area contributed by atoms with Crippen molar-refractivity contribution in [3.8, 4) is 17.3 Å². The van der Waals surface area contributed by atoms with Crippen molar-refractivity contribution in [2.75, 3.05) is 6.61 Å². The maximum atomic E-state index is 11.5. The van der Waals surface area contributed by atoms with E-state index < -0.39 is 0 Å². The molecule has 1 atom stereocenters. The summed E-state index contributed by atoms with van der Waals surface area (Å²) in [4.78, 5) is 15.9. The highest BCUT2D eigenvalue weighted by Crippen LogP contribution is 2.28. The molecule has 7 nitrogen and oxygen atoms in total. The summed E-state index contributed by atoms with van der Waals surface area (Å²) in [5, 5.41) is 8.52. The summed E-state index contributed by atoms with van der Waals surface area (Å²) < 4.78 is 13.5. The van der Waals surface area contributed by atoms with E-state index in [4.69, 9.17) is 9.15 Å². The van der Waals surface area contributed by atoms with Crippen molar-refractivity contribution in [1.29, 1.82) is 0 Å². The number of aromatic nitrogens is 3. The first kappa shape index (κ1) is 15.9. The molecule has 7 heteroatoms. The number of hydrogen-bond donors (Lipinski definition) is 1. The highest BCUT2D eigenvalue weighted by Gasteiger charge is 2.19. The Balaban J connectivity index is 1.43. The lowest BCUT2D eigenvalue weighted by Crippen LogP contribution is -2.42. The number of imidazole rings is 1. The molecule has 0 saturated carbocycles. The average Bonchev–Trinajstić information content (AvgIpc) is 3.29. The Labute approximate surface area is 154 Å². The minimum absolute atomic E-state index is 0.0291. The van der Waals surface area contributed by atoms with Gasteiger partial charge in [0.1, 0.15) is 17.9 Å². The molecular formula is C20H18N4O3. The van der Waals surface area contributed by atoms with Crippen molar-refractivity contribution < 1.29 is 13.9 Å². The number of amides is 1. The number of ether oxygens (including phenoxy) is 1. The van der Waals surface area contributed by atoms with Crippen LogP contribution in [0.2, 0.25) is 0 Å². The van der Waals surface area contributed by atoms with Crippen LogP contribution in [-0.4, -0.2) is 33.2 Å². The van der Waals surface area contributed by atoms with Gasteiger partial charge in [-0.2, -0.15) is 0 Å². The molecule has 1 fully saturated rings. The van der Waals surface area contributed by atoms with Gasteiger partial charge in [-0.25, -0.2) is 9.50 Å². The van der Waals surface area contributed by atoms with Crippen molar-refractivity contribution in [3.63, 3.8) is 0 Å². The van der Waals surface area contributed by atoms with Gasteiger partial charge in [-0.15, -0.1) is 5.10 Å². The third-order valence-electron chi connectivity index (χ3n) is 4.77. The summed E-state index contributed by atoms with van der Waals surface area (Å²) in [6, 6.07) is 13.5. The van der Waals surface area contributed by atoms with Gasteiger partial charge < -0.3 is 14.5 Å². The second-order valence-electron chi connectivity index (χ2n) is 6.70. The second kappa shape index (κ2) is 6.42. The van der Waals surface area contributed by atoms with Gasteiger partial charge in [-0.3, -0.25) is 4.79 Å². The Kier molecular flexibility index (Phi) is 3.78. The summed E-state index contributed by atoms with van der Waals surface area (Å²) in [6.45, 7) is 0.402. The largest absolute Gasteiger partial charge is 0.474 e. The zero-order valence-electron chi connectivity index (χ0n) is 14.6. The van der Waals surface area contributed by atoms with Gasteiger partial charge in [-0.1, -0.05) is 18.2 Å². The number of fused-ring (bicyclic) bond motifs is 2. The van der Waals surface area contributed by atoms with Gasteiger partial charge in [-0.05, 0) is 31.0 Å². The van der Waals surface area contributed by atoms with Gasteiger partial charge in [0.15, 0.2) is 11.4 Å². The first-order valence-electron chi connectivity index (χ1n) is 9.02. The minimum atomic E-state index is 0.0291. The Bertz CT molecular complexity index is 1100. The number of nitrogens with one attached hydrogen (secondary N) is 1. The molecular weight excluding hydrogens is 344 g/mol. The molecule has 0 bridgehead atoms. The topological polar surface area (TPSA) is 81.7 Å². The van der Waals surface area contributed by atoms with Gasteiger partial charge in [0.05, 0.1) is 12.2 Å². The smallest absolute Gasteiger partial charge is 0.231 e. The molecule has 5 rings (SSSR count). The summed E-state index contributed by atoms with van der Waals surface area (Å²) >= 11 is 0. The summed E-state index contributed by atoms with van der Waals surface area (Å²) in [5.74, 6) is 1.27. The monoisotopic (exact) mass is 362 g/mol. The van der Waals surface area contributed by atoms with E-state index in [9.17, 15) is 4.79 Å². The lowest BCUT2D eigenvalue weighted by atomic mass is 10.1. The van der Waals surface area contributed by atoms with E-state index in [0.717, 1.165) is 29.5 Å². The van der Waals surface area contributed by atoms with Crippen LogP contribution in [0.5, 0.6) is 5.88 Å². The molecule has 1 aliphatic heterocycles.